The second-order valence-electron chi connectivity index (χ2n) is 6.41. The third-order valence-electron chi connectivity index (χ3n) is 4.25. The molecule has 36 heavy (non-hydrogen) atoms. The number of hydrogen-bond acceptors (Lipinski definition) is 16. The molecule has 0 aliphatic carbocycles. The number of phenols is 1. The van der Waals surface area contributed by atoms with Gasteiger partial charge >= 0.3 is 0 Å². The van der Waals surface area contributed by atoms with Crippen LogP contribution < -0.4 is 5.73 Å². The van der Waals surface area contributed by atoms with Crippen molar-refractivity contribution in [2.45, 2.75) is 19.6 Å². The fraction of sp³-hybridized carbons (Fsp3) is 0. The van der Waals surface area contributed by atoms with Crippen molar-refractivity contribution in [3.05, 3.63) is 36.4 Å². The third kappa shape index (κ3) is 6.39. The lowest BCUT2D eigenvalue weighted by Crippen LogP contribution is -2.00. The van der Waals surface area contributed by atoms with E-state index in [2.05, 4.69) is 29.0 Å². The van der Waals surface area contributed by atoms with Crippen molar-refractivity contribution in [1.29, 1.82) is 0 Å². The van der Waals surface area contributed by atoms with E-state index in [1.807, 2.05) is 0 Å². The van der Waals surface area contributed by atoms with E-state index < -0.39 is 35.8 Å². The van der Waals surface area contributed by atoms with Crippen LogP contribution in [0.25, 0.3) is 10.8 Å². The van der Waals surface area contributed by atoms with Crippen LogP contribution in [-0.4, -0.2) is 41.6 Å². The first-order chi connectivity index (χ1) is 16.9. The lowest BCUT2D eigenvalue weighted by molar-refractivity contribution is -0.432. The molecule has 20 heteroatoms. The monoisotopic (exact) mass is 583 g/mol. The molecule has 0 aliphatic heterocycles. The van der Waals surface area contributed by atoms with Gasteiger partial charge in [0.1, 0.15) is 11.4 Å². The molecular weight excluding hydrogens is 570 g/mol. The minimum Gasteiger partial charge on any atom is -0.505 e. The Morgan fingerprint density at radius 2 is 1.42 bits per heavy atom. The second kappa shape index (κ2) is 11.2. The maximum Gasteiger partial charge on any atom is 0.294 e. The predicted octanol–water partition coefficient (Wildman–Crippen LogP) is 3.89. The summed E-state index contributed by atoms with van der Waals surface area (Å²) < 4.78 is 73.4. The molecule has 0 heterocycles. The van der Waals surface area contributed by atoms with Crippen molar-refractivity contribution < 1.29 is 60.3 Å². The van der Waals surface area contributed by atoms with Crippen LogP contribution in [0.1, 0.15) is 0 Å². The Balaban J connectivity index is 2.23. The van der Waals surface area contributed by atoms with Crippen molar-refractivity contribution in [2.75, 3.05) is 5.73 Å². The summed E-state index contributed by atoms with van der Waals surface area (Å²) in [5, 5.41) is 42.3. The standard InChI is InChI=1S/C16H13N3O13S4/c17-10-5-9(36(26,27)28)3-7-4-13(34-32-30-22)15(16(20)14(7)10)19-18-11-6-8(35(23,24)25)1-2-12(11)33-31-29-21/h1-6,20-22H,17H2,(H,23,24,25)(H,26,27,28). The molecule has 3 aromatic carbocycles. The molecule has 0 saturated carbocycles. The minimum absolute atomic E-state index is 0.00113. The van der Waals surface area contributed by atoms with Crippen LogP contribution in [0.3, 0.4) is 0 Å². The molecule has 0 fully saturated rings. The lowest BCUT2D eigenvalue weighted by atomic mass is 10.1. The molecule has 0 aromatic heterocycles. The zero-order valence-electron chi connectivity index (χ0n) is 17.1. The number of phenolic OH excluding ortho intramolecular Hbond substituents is 1. The van der Waals surface area contributed by atoms with Crippen LogP contribution in [0.15, 0.2) is 66.2 Å². The number of anilines is 1. The molecule has 0 bridgehead atoms. The normalized spacial score (nSPS) is 12.6. The van der Waals surface area contributed by atoms with E-state index >= 15 is 0 Å². The Morgan fingerprint density at radius 1 is 0.806 bits per heavy atom. The van der Waals surface area contributed by atoms with Crippen molar-refractivity contribution in [2.24, 2.45) is 10.2 Å². The maximum atomic E-state index is 11.5. The Hall–Kier alpha value is -2.60. The smallest absolute Gasteiger partial charge is 0.294 e. The van der Waals surface area contributed by atoms with Crippen LogP contribution in [0.5, 0.6) is 5.75 Å². The van der Waals surface area contributed by atoms with Gasteiger partial charge in [-0.15, -0.1) is 18.9 Å². The number of fused-ring (bicyclic) bond motifs is 1. The predicted molar refractivity (Wildman–Crippen MR) is 122 cm³/mol. The molecule has 0 unspecified atom stereocenters. The number of benzene rings is 3. The number of nitrogens with two attached hydrogens (primary N) is 1. The Bertz CT molecular complexity index is 1540. The van der Waals surface area contributed by atoms with Gasteiger partial charge in [0.05, 0.1) is 43.7 Å². The average molecular weight is 584 g/mol. The van der Waals surface area contributed by atoms with Gasteiger partial charge in [0.15, 0.2) is 5.75 Å². The highest BCUT2D eigenvalue weighted by Crippen LogP contribution is 2.47. The van der Waals surface area contributed by atoms with Crippen LogP contribution in [-0.2, 0) is 39.0 Å². The quantitative estimate of drug-likeness (QED) is 0.0493. The lowest BCUT2D eigenvalue weighted by Gasteiger charge is -2.12. The Kier molecular flexibility index (Phi) is 8.71. The van der Waals surface area contributed by atoms with Gasteiger partial charge in [0.2, 0.25) is 0 Å². The van der Waals surface area contributed by atoms with Gasteiger partial charge in [-0.25, -0.2) is 10.5 Å². The summed E-state index contributed by atoms with van der Waals surface area (Å²) >= 11 is 0.683. The first-order valence-corrected chi connectivity index (χ1v) is 13.1. The third-order valence-corrected chi connectivity index (χ3v) is 7.20. The van der Waals surface area contributed by atoms with E-state index in [4.69, 9.17) is 16.2 Å². The molecule has 0 aliphatic rings. The summed E-state index contributed by atoms with van der Waals surface area (Å²) in [5.74, 6) is -0.658. The molecule has 194 valence electrons. The fourth-order valence-electron chi connectivity index (χ4n) is 2.81. The number of nitrogen functional groups attached to an aromatic ring is 1. The van der Waals surface area contributed by atoms with Gasteiger partial charge in [0, 0.05) is 11.1 Å². The van der Waals surface area contributed by atoms with Crippen molar-refractivity contribution in [1.82, 2.24) is 0 Å². The van der Waals surface area contributed by atoms with E-state index in [0.29, 0.717) is 24.1 Å². The zero-order valence-corrected chi connectivity index (χ0v) is 20.3. The van der Waals surface area contributed by atoms with Gasteiger partial charge in [-0.2, -0.15) is 16.8 Å². The Labute approximate surface area is 209 Å². The summed E-state index contributed by atoms with van der Waals surface area (Å²) in [6.45, 7) is 0. The van der Waals surface area contributed by atoms with Gasteiger partial charge in [-0.05, 0) is 41.8 Å². The van der Waals surface area contributed by atoms with Crippen LogP contribution >= 0.6 is 24.1 Å². The van der Waals surface area contributed by atoms with Gasteiger partial charge in [-0.1, -0.05) is 10.1 Å². The molecule has 0 radical (unpaired) electrons. The van der Waals surface area contributed by atoms with Crippen LogP contribution in [0, 0.1) is 0 Å². The second-order valence-corrected chi connectivity index (χ2v) is 10.7. The van der Waals surface area contributed by atoms with Gasteiger partial charge in [-0.3, -0.25) is 9.11 Å². The van der Waals surface area contributed by atoms with Crippen molar-refractivity contribution in [3.63, 3.8) is 0 Å². The SMILES string of the molecule is Nc1cc(S(=O)(=O)O)cc2cc(SOOO)c(N=Nc3cc(S(=O)(=O)O)ccc3SOOO)c(O)c12. The molecular formula is C16H13N3O13S4. The Morgan fingerprint density at radius 3 is 2.00 bits per heavy atom. The van der Waals surface area contributed by atoms with E-state index in [9.17, 15) is 31.0 Å². The zero-order chi connectivity index (χ0) is 26.7. The molecule has 7 N–H and O–H groups in total. The number of nitrogens with zero attached hydrogens (tertiary/aromatic N) is 2. The summed E-state index contributed by atoms with van der Waals surface area (Å²) in [5.41, 5.74) is 4.97. The van der Waals surface area contributed by atoms with E-state index in [-0.39, 0.29) is 37.6 Å². The molecule has 0 saturated heterocycles. The first kappa shape index (κ1) is 28.0. The first-order valence-electron chi connectivity index (χ1n) is 8.76. The number of aromatic hydroxyl groups is 1. The van der Waals surface area contributed by atoms with Crippen molar-refractivity contribution in [3.8, 4) is 5.75 Å². The van der Waals surface area contributed by atoms with Gasteiger partial charge in [0.25, 0.3) is 20.2 Å². The van der Waals surface area contributed by atoms with E-state index in [1.54, 1.807) is 0 Å². The fourth-order valence-corrected chi connectivity index (χ4v) is 4.77. The molecule has 16 nitrogen and oxygen atoms in total. The molecule has 3 aromatic rings. The van der Waals surface area contributed by atoms with Crippen LogP contribution in [0.4, 0.5) is 17.1 Å². The summed E-state index contributed by atoms with van der Waals surface area (Å²) in [7, 11) is -9.32. The highest BCUT2D eigenvalue weighted by Gasteiger charge is 2.21. The number of rotatable bonds is 10. The average Bonchev–Trinajstić information content (AvgIpc) is 2.79. The highest BCUT2D eigenvalue weighted by atomic mass is 32.2. The van der Waals surface area contributed by atoms with E-state index in [1.165, 1.54) is 6.07 Å². The molecule has 0 amide bonds. The molecule has 3 rings (SSSR count). The topological polar surface area (TPSA) is 257 Å². The number of hydrogen-bond donors (Lipinski definition) is 6. The summed E-state index contributed by atoms with van der Waals surface area (Å²) in [6, 6.07) is 6.08. The molecule has 0 spiro atoms. The minimum atomic E-state index is -4.66. The number of azo groups is 1. The van der Waals surface area contributed by atoms with E-state index in [0.717, 1.165) is 30.3 Å². The summed E-state index contributed by atoms with van der Waals surface area (Å²) in [6.07, 6.45) is 0. The van der Waals surface area contributed by atoms with Crippen molar-refractivity contribution >= 4 is 72.2 Å². The largest absolute Gasteiger partial charge is 0.505 e. The highest BCUT2D eigenvalue weighted by molar-refractivity contribution is 7.95. The summed E-state index contributed by atoms with van der Waals surface area (Å²) in [4.78, 5) is -1.25. The van der Waals surface area contributed by atoms with Gasteiger partial charge < -0.3 is 10.8 Å². The molecule has 0 atom stereocenters. The van der Waals surface area contributed by atoms with Crippen LogP contribution in [0.2, 0.25) is 0 Å². The maximum absolute atomic E-state index is 11.5.